The van der Waals surface area contributed by atoms with E-state index in [0.29, 0.717) is 26.7 Å². The lowest BCUT2D eigenvalue weighted by molar-refractivity contribution is -0.124. The monoisotopic (exact) mass is 491 g/mol. The fraction of sp³-hybridized carbons (Fsp3) is 0.143. The number of aromatic nitrogens is 1. The van der Waals surface area contributed by atoms with Gasteiger partial charge < -0.3 is 9.73 Å². The molecule has 0 bridgehead atoms. The molecule has 1 saturated heterocycles. The maximum absolute atomic E-state index is 12.6. The largest absolute Gasteiger partial charge is 0.420 e. The third-order valence-corrected chi connectivity index (χ3v) is 6.13. The van der Waals surface area contributed by atoms with Crippen molar-refractivity contribution in [1.82, 2.24) is 14.8 Å². The van der Waals surface area contributed by atoms with Crippen LogP contribution in [0.25, 0.3) is 17.2 Å². The summed E-state index contributed by atoms with van der Waals surface area (Å²) in [6.07, 6.45) is 1.53. The summed E-state index contributed by atoms with van der Waals surface area (Å²) in [6, 6.07) is 11.6. The molecule has 164 valence electrons. The summed E-state index contributed by atoms with van der Waals surface area (Å²) in [5.41, 5.74) is 1.45. The van der Waals surface area contributed by atoms with Gasteiger partial charge in [-0.3, -0.25) is 23.9 Å². The molecule has 1 aromatic heterocycles. The lowest BCUT2D eigenvalue weighted by atomic mass is 10.2. The number of halogens is 2. The van der Waals surface area contributed by atoms with Gasteiger partial charge in [-0.25, -0.2) is 4.79 Å². The number of hydrogen-bond acceptors (Lipinski definition) is 6. The van der Waals surface area contributed by atoms with Gasteiger partial charge in [-0.05, 0) is 47.7 Å². The number of rotatable bonds is 6. The zero-order valence-electron chi connectivity index (χ0n) is 16.3. The normalized spacial score (nSPS) is 15.2. The van der Waals surface area contributed by atoms with E-state index in [-0.39, 0.29) is 24.5 Å². The van der Waals surface area contributed by atoms with E-state index >= 15 is 0 Å². The van der Waals surface area contributed by atoms with Gasteiger partial charge in [-0.1, -0.05) is 41.4 Å². The number of oxazole rings is 1. The van der Waals surface area contributed by atoms with Crippen LogP contribution in [0.5, 0.6) is 0 Å². The molecule has 0 spiro atoms. The van der Waals surface area contributed by atoms with Crippen LogP contribution in [0.2, 0.25) is 10.0 Å². The average molecular weight is 492 g/mol. The van der Waals surface area contributed by atoms with Crippen LogP contribution in [0.4, 0.5) is 4.79 Å². The van der Waals surface area contributed by atoms with Crippen LogP contribution in [0.15, 0.2) is 56.6 Å². The van der Waals surface area contributed by atoms with Crippen molar-refractivity contribution in [2.24, 2.45) is 0 Å². The average Bonchev–Trinajstić information content (AvgIpc) is 3.20. The molecule has 3 amide bonds. The Morgan fingerprint density at radius 2 is 1.91 bits per heavy atom. The van der Waals surface area contributed by atoms with E-state index in [9.17, 15) is 19.2 Å². The Bertz CT molecular complexity index is 1330. The number of nitrogens with one attached hydrogen (secondary N) is 1. The summed E-state index contributed by atoms with van der Waals surface area (Å²) in [4.78, 5) is 50.3. The first kappa shape index (κ1) is 22.2. The molecule has 0 saturated carbocycles. The molecule has 32 heavy (non-hydrogen) atoms. The first-order valence-electron chi connectivity index (χ1n) is 9.39. The van der Waals surface area contributed by atoms with Crippen molar-refractivity contribution in [3.8, 4) is 0 Å². The maximum atomic E-state index is 12.6. The first-order valence-corrected chi connectivity index (χ1v) is 11.0. The predicted molar refractivity (Wildman–Crippen MR) is 123 cm³/mol. The van der Waals surface area contributed by atoms with Gasteiger partial charge in [-0.15, -0.1) is 0 Å². The minimum atomic E-state index is -0.640. The molecule has 1 aliphatic heterocycles. The fourth-order valence-electron chi connectivity index (χ4n) is 3.12. The molecule has 0 radical (unpaired) electrons. The lowest BCUT2D eigenvalue weighted by Gasteiger charge is -2.13. The molecular weight excluding hydrogens is 477 g/mol. The van der Waals surface area contributed by atoms with Crippen LogP contribution < -0.4 is 11.1 Å². The molecule has 8 nitrogen and oxygen atoms in total. The zero-order valence-corrected chi connectivity index (χ0v) is 18.7. The Kier molecular flexibility index (Phi) is 6.40. The van der Waals surface area contributed by atoms with Crippen molar-refractivity contribution < 1.29 is 18.8 Å². The van der Waals surface area contributed by atoms with Crippen molar-refractivity contribution in [2.45, 2.75) is 6.54 Å². The summed E-state index contributed by atoms with van der Waals surface area (Å²) in [6.45, 7) is -0.216. The minimum Gasteiger partial charge on any atom is -0.408 e. The van der Waals surface area contributed by atoms with Gasteiger partial charge in [0.25, 0.3) is 11.1 Å². The molecule has 1 N–H and O–H groups in total. The molecular formula is C21H15Cl2N3O5S. The smallest absolute Gasteiger partial charge is 0.408 e. The number of hydrogen-bond donors (Lipinski definition) is 1. The van der Waals surface area contributed by atoms with Gasteiger partial charge in [0.05, 0.1) is 10.4 Å². The van der Waals surface area contributed by atoms with Crippen LogP contribution in [-0.4, -0.2) is 39.6 Å². The Balaban J connectivity index is 1.36. The Morgan fingerprint density at radius 1 is 1.12 bits per heavy atom. The van der Waals surface area contributed by atoms with E-state index < -0.39 is 22.8 Å². The van der Waals surface area contributed by atoms with E-state index in [1.54, 1.807) is 42.5 Å². The van der Waals surface area contributed by atoms with Crippen LogP contribution in [0, 0.1) is 0 Å². The van der Waals surface area contributed by atoms with Crippen molar-refractivity contribution >= 4 is 69.2 Å². The molecule has 1 aliphatic rings. The van der Waals surface area contributed by atoms with E-state index in [1.165, 1.54) is 10.6 Å². The molecule has 0 unspecified atom stereocenters. The van der Waals surface area contributed by atoms with E-state index in [0.717, 1.165) is 16.7 Å². The number of carbonyl (C=O) groups excluding carboxylic acids is 3. The van der Waals surface area contributed by atoms with Crippen LogP contribution in [0.1, 0.15) is 5.56 Å². The highest BCUT2D eigenvalue weighted by Crippen LogP contribution is 2.33. The van der Waals surface area contributed by atoms with Crippen LogP contribution >= 0.6 is 35.0 Å². The second kappa shape index (κ2) is 9.23. The fourth-order valence-corrected chi connectivity index (χ4v) is 4.44. The molecule has 3 aromatic rings. The van der Waals surface area contributed by atoms with Crippen molar-refractivity contribution in [1.29, 1.82) is 0 Å². The minimum absolute atomic E-state index is 0.0108. The number of benzene rings is 2. The second-order valence-corrected chi connectivity index (χ2v) is 8.61. The zero-order chi connectivity index (χ0) is 22.8. The van der Waals surface area contributed by atoms with Crippen molar-refractivity contribution in [3.63, 3.8) is 0 Å². The van der Waals surface area contributed by atoms with Crippen LogP contribution in [-0.2, 0) is 16.1 Å². The Hall–Kier alpha value is -3.01. The van der Waals surface area contributed by atoms with E-state index in [4.69, 9.17) is 27.6 Å². The standard InChI is InChI=1S/C21H15Cl2N3O5S/c22-13-6-5-12(14(23)10-13)9-17-19(28)25(21(30)32-17)8-7-24-18(27)11-26-15-3-1-2-4-16(15)31-20(26)29/h1-6,9-10H,7-8,11H2,(H,24,27)/b17-9-. The quantitative estimate of drug-likeness (QED) is 0.526. The molecule has 1 fully saturated rings. The van der Waals surface area contributed by atoms with Gasteiger partial charge in [0, 0.05) is 23.1 Å². The third kappa shape index (κ3) is 4.59. The highest BCUT2D eigenvalue weighted by molar-refractivity contribution is 8.18. The molecule has 0 atom stereocenters. The molecule has 11 heteroatoms. The number of carbonyl (C=O) groups is 3. The summed E-state index contributed by atoms with van der Waals surface area (Å²) in [7, 11) is 0. The first-order chi connectivity index (χ1) is 15.3. The van der Waals surface area contributed by atoms with Gasteiger partial charge in [0.2, 0.25) is 5.91 Å². The van der Waals surface area contributed by atoms with Crippen molar-refractivity contribution in [3.05, 3.63) is 73.5 Å². The maximum Gasteiger partial charge on any atom is 0.420 e. The number of imide groups is 1. The summed E-state index contributed by atoms with van der Waals surface area (Å²) >= 11 is 12.8. The van der Waals surface area contributed by atoms with Gasteiger partial charge in [0.1, 0.15) is 6.54 Å². The molecule has 4 rings (SSSR count). The number of para-hydroxylation sites is 2. The SMILES string of the molecule is O=C(Cn1c(=O)oc2ccccc21)NCCN1C(=O)S/C(=C\c2ccc(Cl)cc2Cl)C1=O. The Labute approximate surface area is 195 Å². The summed E-state index contributed by atoms with van der Waals surface area (Å²) < 4.78 is 6.31. The number of thioether (sulfide) groups is 1. The van der Waals surface area contributed by atoms with Gasteiger partial charge >= 0.3 is 5.76 Å². The second-order valence-electron chi connectivity index (χ2n) is 6.77. The topological polar surface area (TPSA) is 102 Å². The molecule has 0 aliphatic carbocycles. The van der Waals surface area contributed by atoms with Gasteiger partial charge in [-0.2, -0.15) is 0 Å². The Morgan fingerprint density at radius 3 is 2.69 bits per heavy atom. The molecule has 2 aromatic carbocycles. The summed E-state index contributed by atoms with van der Waals surface area (Å²) in [5.74, 6) is -1.57. The number of amides is 3. The van der Waals surface area contributed by atoms with Gasteiger partial charge in [0.15, 0.2) is 5.58 Å². The lowest BCUT2D eigenvalue weighted by Crippen LogP contribution is -2.39. The summed E-state index contributed by atoms with van der Waals surface area (Å²) in [5, 5.41) is 2.98. The third-order valence-electron chi connectivity index (χ3n) is 4.66. The molecule has 2 heterocycles. The number of nitrogens with zero attached hydrogens (tertiary/aromatic N) is 2. The predicted octanol–water partition coefficient (Wildman–Crippen LogP) is 3.75. The van der Waals surface area contributed by atoms with E-state index in [2.05, 4.69) is 5.32 Å². The van der Waals surface area contributed by atoms with Crippen LogP contribution in [0.3, 0.4) is 0 Å². The highest BCUT2D eigenvalue weighted by atomic mass is 35.5. The van der Waals surface area contributed by atoms with E-state index in [1.807, 2.05) is 0 Å². The van der Waals surface area contributed by atoms with Crippen molar-refractivity contribution in [2.75, 3.05) is 13.1 Å². The number of fused-ring (bicyclic) bond motifs is 1. The highest BCUT2D eigenvalue weighted by Gasteiger charge is 2.34.